The number of ether oxygens (including phenoxy) is 3. The Balaban J connectivity index is 1.27. The number of hydrogen-bond donors (Lipinski definition) is 0. The molecule has 2 aliphatic rings. The van der Waals surface area contributed by atoms with Crippen molar-refractivity contribution in [2.75, 3.05) is 40.1 Å². The molecule has 0 saturated carbocycles. The second-order valence-electron chi connectivity index (χ2n) is 6.90. The van der Waals surface area contributed by atoms with E-state index in [9.17, 15) is 4.79 Å². The molecule has 146 valence electrons. The molecule has 0 aliphatic carbocycles. The van der Waals surface area contributed by atoms with Gasteiger partial charge in [0, 0.05) is 38.8 Å². The van der Waals surface area contributed by atoms with Crippen molar-refractivity contribution in [1.82, 2.24) is 9.80 Å². The fraction of sp³-hybridized carbons (Fsp3) is 0.318. The van der Waals surface area contributed by atoms with Gasteiger partial charge in [-0.3, -0.25) is 9.69 Å². The van der Waals surface area contributed by atoms with Gasteiger partial charge in [-0.2, -0.15) is 0 Å². The molecule has 0 spiro atoms. The summed E-state index contributed by atoms with van der Waals surface area (Å²) in [7, 11) is 1.64. The van der Waals surface area contributed by atoms with Crippen molar-refractivity contribution >= 4 is 12.0 Å². The van der Waals surface area contributed by atoms with Crippen LogP contribution in [0.4, 0.5) is 0 Å². The average Bonchev–Trinajstić information content (AvgIpc) is 3.21. The van der Waals surface area contributed by atoms with Gasteiger partial charge in [0.15, 0.2) is 11.5 Å². The summed E-state index contributed by atoms with van der Waals surface area (Å²) in [6, 6.07) is 13.7. The number of fused-ring (bicyclic) bond motifs is 1. The number of piperazine rings is 1. The Bertz CT molecular complexity index is 855. The first-order chi connectivity index (χ1) is 13.7. The van der Waals surface area contributed by atoms with Crippen molar-refractivity contribution in [1.29, 1.82) is 0 Å². The summed E-state index contributed by atoms with van der Waals surface area (Å²) in [4.78, 5) is 16.7. The number of carbonyl (C=O) groups is 1. The molecule has 4 rings (SSSR count). The molecule has 6 heteroatoms. The lowest BCUT2D eigenvalue weighted by atomic mass is 10.1. The molecule has 0 radical (unpaired) electrons. The normalized spacial score (nSPS) is 16.5. The zero-order chi connectivity index (χ0) is 19.3. The van der Waals surface area contributed by atoms with Crippen LogP contribution in [0.1, 0.15) is 11.1 Å². The number of rotatable bonds is 5. The monoisotopic (exact) mass is 380 g/mol. The largest absolute Gasteiger partial charge is 0.497 e. The summed E-state index contributed by atoms with van der Waals surface area (Å²) in [6.07, 6.45) is 3.50. The van der Waals surface area contributed by atoms with Crippen molar-refractivity contribution in [2.45, 2.75) is 6.54 Å². The average molecular weight is 380 g/mol. The predicted octanol–water partition coefficient (Wildman–Crippen LogP) is 2.78. The van der Waals surface area contributed by atoms with Crippen molar-refractivity contribution in [3.05, 3.63) is 59.7 Å². The maximum Gasteiger partial charge on any atom is 0.246 e. The van der Waals surface area contributed by atoms with Crippen LogP contribution >= 0.6 is 0 Å². The number of hydrogen-bond acceptors (Lipinski definition) is 5. The van der Waals surface area contributed by atoms with Gasteiger partial charge in [0.05, 0.1) is 7.11 Å². The first-order valence-corrected chi connectivity index (χ1v) is 9.43. The molecule has 0 aromatic heterocycles. The van der Waals surface area contributed by atoms with E-state index in [1.807, 2.05) is 47.4 Å². The predicted molar refractivity (Wildman–Crippen MR) is 106 cm³/mol. The highest BCUT2D eigenvalue weighted by atomic mass is 16.7. The molecular formula is C22H24N2O4. The highest BCUT2D eigenvalue weighted by Crippen LogP contribution is 2.32. The van der Waals surface area contributed by atoms with Crippen LogP contribution in [0.15, 0.2) is 48.5 Å². The lowest BCUT2D eigenvalue weighted by Gasteiger charge is -2.34. The summed E-state index contributed by atoms with van der Waals surface area (Å²) in [5, 5.41) is 0. The van der Waals surface area contributed by atoms with E-state index in [2.05, 4.69) is 11.0 Å². The Morgan fingerprint density at radius 1 is 1.04 bits per heavy atom. The Morgan fingerprint density at radius 3 is 2.54 bits per heavy atom. The van der Waals surface area contributed by atoms with Gasteiger partial charge in [0.2, 0.25) is 12.7 Å². The van der Waals surface area contributed by atoms with Gasteiger partial charge in [0.25, 0.3) is 0 Å². The van der Waals surface area contributed by atoms with Crippen LogP contribution in [-0.4, -0.2) is 55.8 Å². The number of benzene rings is 2. The Labute approximate surface area is 164 Å². The minimum atomic E-state index is 0.0542. The second-order valence-corrected chi connectivity index (χ2v) is 6.90. The Morgan fingerprint density at radius 2 is 1.79 bits per heavy atom. The lowest BCUT2D eigenvalue weighted by molar-refractivity contribution is -0.127. The van der Waals surface area contributed by atoms with E-state index < -0.39 is 0 Å². The molecule has 2 aromatic rings. The summed E-state index contributed by atoms with van der Waals surface area (Å²) in [5.41, 5.74) is 2.18. The Kier molecular flexibility index (Phi) is 5.48. The van der Waals surface area contributed by atoms with Gasteiger partial charge in [0.1, 0.15) is 5.75 Å². The van der Waals surface area contributed by atoms with Gasteiger partial charge in [-0.05, 0) is 41.5 Å². The summed E-state index contributed by atoms with van der Waals surface area (Å²) in [6.45, 7) is 4.32. The van der Waals surface area contributed by atoms with Crippen molar-refractivity contribution < 1.29 is 19.0 Å². The number of amides is 1. The molecule has 0 unspecified atom stereocenters. The van der Waals surface area contributed by atoms with Crippen LogP contribution in [0.5, 0.6) is 17.2 Å². The molecule has 1 amide bonds. The van der Waals surface area contributed by atoms with Gasteiger partial charge in [-0.15, -0.1) is 0 Å². The van der Waals surface area contributed by atoms with E-state index in [4.69, 9.17) is 14.2 Å². The maximum atomic E-state index is 12.5. The van der Waals surface area contributed by atoms with Gasteiger partial charge in [-0.1, -0.05) is 18.2 Å². The fourth-order valence-corrected chi connectivity index (χ4v) is 3.41. The van der Waals surface area contributed by atoms with Crippen LogP contribution in [0.3, 0.4) is 0 Å². The molecule has 1 saturated heterocycles. The smallest absolute Gasteiger partial charge is 0.246 e. The molecule has 2 aliphatic heterocycles. The molecule has 0 N–H and O–H groups in total. The van der Waals surface area contributed by atoms with Crippen LogP contribution in [0.25, 0.3) is 6.08 Å². The van der Waals surface area contributed by atoms with Crippen LogP contribution in [0.2, 0.25) is 0 Å². The third-order valence-electron chi connectivity index (χ3n) is 5.06. The first kappa shape index (κ1) is 18.4. The molecule has 2 aromatic carbocycles. The maximum absolute atomic E-state index is 12.5. The molecule has 28 heavy (non-hydrogen) atoms. The molecule has 0 bridgehead atoms. The third kappa shape index (κ3) is 4.28. The zero-order valence-electron chi connectivity index (χ0n) is 16.0. The van der Waals surface area contributed by atoms with Gasteiger partial charge < -0.3 is 19.1 Å². The SMILES string of the molecule is COc1ccc(C=CC(=O)N2CCN(Cc3ccc4c(c3)OCO4)CC2)cc1. The Hall–Kier alpha value is -2.99. The quantitative estimate of drug-likeness (QED) is 0.747. The highest BCUT2D eigenvalue weighted by molar-refractivity contribution is 5.91. The van der Waals surface area contributed by atoms with E-state index in [1.54, 1.807) is 13.2 Å². The first-order valence-electron chi connectivity index (χ1n) is 9.43. The minimum absolute atomic E-state index is 0.0542. The second kappa shape index (κ2) is 8.35. The van der Waals surface area contributed by atoms with E-state index >= 15 is 0 Å². The van der Waals surface area contributed by atoms with Crippen molar-refractivity contribution in [2.24, 2.45) is 0 Å². The number of nitrogens with zero attached hydrogens (tertiary/aromatic N) is 2. The minimum Gasteiger partial charge on any atom is -0.497 e. The lowest BCUT2D eigenvalue weighted by Crippen LogP contribution is -2.47. The van der Waals surface area contributed by atoms with Crippen LogP contribution in [0, 0.1) is 0 Å². The van der Waals surface area contributed by atoms with Crippen molar-refractivity contribution in [3.8, 4) is 17.2 Å². The third-order valence-corrected chi connectivity index (χ3v) is 5.06. The van der Waals surface area contributed by atoms with Gasteiger partial charge in [-0.25, -0.2) is 0 Å². The van der Waals surface area contributed by atoms with Crippen LogP contribution in [-0.2, 0) is 11.3 Å². The van der Waals surface area contributed by atoms with E-state index in [0.717, 1.165) is 55.5 Å². The van der Waals surface area contributed by atoms with E-state index in [1.165, 1.54) is 5.56 Å². The molecular weight excluding hydrogens is 356 g/mol. The molecule has 2 heterocycles. The van der Waals surface area contributed by atoms with Crippen LogP contribution < -0.4 is 14.2 Å². The van der Waals surface area contributed by atoms with E-state index in [-0.39, 0.29) is 5.91 Å². The summed E-state index contributed by atoms with van der Waals surface area (Å²) in [5.74, 6) is 2.48. The zero-order valence-corrected chi connectivity index (χ0v) is 16.0. The standard InChI is InChI=1S/C22H24N2O4/c1-26-19-6-2-17(3-7-19)5-9-22(25)24-12-10-23(11-13-24)15-18-4-8-20-21(14-18)28-16-27-20/h2-9,14H,10-13,15-16H2,1H3. The summed E-state index contributed by atoms with van der Waals surface area (Å²) >= 11 is 0. The van der Waals surface area contributed by atoms with E-state index in [0.29, 0.717) is 6.79 Å². The fourth-order valence-electron chi connectivity index (χ4n) is 3.41. The highest BCUT2D eigenvalue weighted by Gasteiger charge is 2.20. The van der Waals surface area contributed by atoms with Gasteiger partial charge >= 0.3 is 0 Å². The number of carbonyl (C=O) groups excluding carboxylic acids is 1. The molecule has 0 atom stereocenters. The topological polar surface area (TPSA) is 51.2 Å². The molecule has 6 nitrogen and oxygen atoms in total. The van der Waals surface area contributed by atoms with Crippen molar-refractivity contribution in [3.63, 3.8) is 0 Å². The number of methoxy groups -OCH3 is 1. The summed E-state index contributed by atoms with van der Waals surface area (Å²) < 4.78 is 15.9. The molecule has 1 fully saturated rings.